The molecule has 5 nitrogen and oxygen atoms in total. The first-order valence-corrected chi connectivity index (χ1v) is 6.99. The summed E-state index contributed by atoms with van der Waals surface area (Å²) >= 11 is 0. The molecule has 0 aromatic carbocycles. The maximum absolute atomic E-state index is 11.7. The lowest BCUT2D eigenvalue weighted by molar-refractivity contribution is 0.0942. The number of aryl methyl sites for hydroxylation is 1. The number of amides is 1. The fourth-order valence-corrected chi connectivity index (χ4v) is 2.53. The van der Waals surface area contributed by atoms with Crippen LogP contribution in [0.2, 0.25) is 0 Å². The smallest absolute Gasteiger partial charge is 0.290 e. The van der Waals surface area contributed by atoms with Crippen LogP contribution in [0.25, 0.3) is 0 Å². The van der Waals surface area contributed by atoms with Crippen molar-refractivity contribution in [3.05, 3.63) is 11.6 Å². The first-order chi connectivity index (χ1) is 8.79. The molecule has 1 amide bonds. The average molecular weight is 250 g/mol. The summed E-state index contributed by atoms with van der Waals surface area (Å²) < 4.78 is 0. The molecule has 0 atom stereocenters. The van der Waals surface area contributed by atoms with Crippen molar-refractivity contribution in [2.75, 3.05) is 6.54 Å². The van der Waals surface area contributed by atoms with E-state index in [0.717, 1.165) is 31.1 Å². The Balaban J connectivity index is 1.65. The number of aromatic nitrogens is 3. The van der Waals surface area contributed by atoms with Gasteiger partial charge in [-0.2, -0.15) is 0 Å². The summed E-state index contributed by atoms with van der Waals surface area (Å²) in [7, 11) is 0. The second kappa shape index (κ2) is 6.52. The number of rotatable bonds is 6. The molecule has 0 saturated heterocycles. The van der Waals surface area contributed by atoms with Gasteiger partial charge in [-0.3, -0.25) is 9.89 Å². The van der Waals surface area contributed by atoms with E-state index >= 15 is 0 Å². The predicted octanol–water partition coefficient (Wildman–Crippen LogP) is 2.07. The zero-order chi connectivity index (χ0) is 12.8. The van der Waals surface area contributed by atoms with E-state index < -0.39 is 0 Å². The topological polar surface area (TPSA) is 70.7 Å². The molecular formula is C13H22N4O. The van der Waals surface area contributed by atoms with Crippen LogP contribution in [0.3, 0.4) is 0 Å². The van der Waals surface area contributed by atoms with E-state index in [1.807, 2.05) is 6.92 Å². The fraction of sp³-hybridized carbons (Fsp3) is 0.769. The van der Waals surface area contributed by atoms with E-state index in [-0.39, 0.29) is 11.7 Å². The minimum Gasteiger partial charge on any atom is -0.349 e. The largest absolute Gasteiger partial charge is 0.349 e. The van der Waals surface area contributed by atoms with Crippen LogP contribution in [-0.4, -0.2) is 27.6 Å². The van der Waals surface area contributed by atoms with Crippen molar-refractivity contribution in [1.82, 2.24) is 20.5 Å². The van der Waals surface area contributed by atoms with Gasteiger partial charge in [0.15, 0.2) is 0 Å². The molecule has 2 N–H and O–H groups in total. The van der Waals surface area contributed by atoms with E-state index in [2.05, 4.69) is 20.5 Å². The molecule has 1 aliphatic carbocycles. The highest BCUT2D eigenvalue weighted by Crippen LogP contribution is 2.28. The van der Waals surface area contributed by atoms with Crippen molar-refractivity contribution in [2.24, 2.45) is 5.92 Å². The molecule has 2 rings (SSSR count). The third-order valence-electron chi connectivity index (χ3n) is 3.62. The number of H-pyrrole nitrogens is 1. The van der Waals surface area contributed by atoms with Crippen molar-refractivity contribution >= 4 is 5.91 Å². The first kappa shape index (κ1) is 13.1. The quantitative estimate of drug-likeness (QED) is 0.759. The molecule has 0 bridgehead atoms. The molecule has 1 aromatic rings. The summed E-state index contributed by atoms with van der Waals surface area (Å²) in [6.45, 7) is 2.70. The molecule has 1 fully saturated rings. The Labute approximate surface area is 108 Å². The van der Waals surface area contributed by atoms with Gasteiger partial charge in [0.05, 0.1) is 0 Å². The van der Waals surface area contributed by atoms with Crippen LogP contribution in [0.1, 0.15) is 61.9 Å². The monoisotopic (exact) mass is 250 g/mol. The zero-order valence-electron chi connectivity index (χ0n) is 11.0. The number of nitrogens with one attached hydrogen (secondary N) is 2. The molecule has 0 unspecified atom stereocenters. The Hall–Kier alpha value is -1.39. The minimum absolute atomic E-state index is 0.169. The van der Waals surface area contributed by atoms with Gasteiger partial charge in [-0.25, -0.2) is 4.98 Å². The van der Waals surface area contributed by atoms with Crippen molar-refractivity contribution in [1.29, 1.82) is 0 Å². The highest BCUT2D eigenvalue weighted by Gasteiger charge is 2.15. The van der Waals surface area contributed by atoms with E-state index in [1.165, 1.54) is 32.1 Å². The van der Waals surface area contributed by atoms with E-state index in [9.17, 15) is 4.79 Å². The van der Waals surface area contributed by atoms with Crippen LogP contribution in [0.4, 0.5) is 0 Å². The Morgan fingerprint density at radius 1 is 1.44 bits per heavy atom. The molecular weight excluding hydrogens is 228 g/mol. The maximum Gasteiger partial charge on any atom is 0.290 e. The standard InChI is InChI=1S/C13H22N4O/c1-2-11-15-12(17-16-11)13(18)14-9-5-8-10-6-3-4-7-10/h10H,2-9H2,1H3,(H,14,18)(H,15,16,17). The third-order valence-corrected chi connectivity index (χ3v) is 3.62. The van der Waals surface area contributed by atoms with Gasteiger partial charge in [-0.15, -0.1) is 5.10 Å². The summed E-state index contributed by atoms with van der Waals surface area (Å²) in [6, 6.07) is 0. The predicted molar refractivity (Wildman–Crippen MR) is 69.3 cm³/mol. The van der Waals surface area contributed by atoms with Crippen molar-refractivity contribution in [3.63, 3.8) is 0 Å². The lowest BCUT2D eigenvalue weighted by atomic mass is 10.0. The Bertz CT molecular complexity index is 382. The number of carbonyl (C=O) groups is 1. The van der Waals surface area contributed by atoms with Gasteiger partial charge in [0.25, 0.3) is 5.91 Å². The highest BCUT2D eigenvalue weighted by atomic mass is 16.2. The summed E-state index contributed by atoms with van der Waals surface area (Å²) in [5, 5.41) is 9.52. The van der Waals surface area contributed by atoms with Crippen LogP contribution in [0, 0.1) is 5.92 Å². The Morgan fingerprint density at radius 3 is 2.89 bits per heavy atom. The fourth-order valence-electron chi connectivity index (χ4n) is 2.53. The second-order valence-corrected chi connectivity index (χ2v) is 5.01. The highest BCUT2D eigenvalue weighted by molar-refractivity contribution is 5.90. The summed E-state index contributed by atoms with van der Waals surface area (Å²) in [4.78, 5) is 15.8. The first-order valence-electron chi connectivity index (χ1n) is 6.99. The molecule has 1 heterocycles. The maximum atomic E-state index is 11.7. The Morgan fingerprint density at radius 2 is 2.22 bits per heavy atom. The van der Waals surface area contributed by atoms with Crippen LogP contribution in [0.15, 0.2) is 0 Å². The number of nitrogens with zero attached hydrogens (tertiary/aromatic N) is 2. The van der Waals surface area contributed by atoms with Crippen molar-refractivity contribution < 1.29 is 4.79 Å². The second-order valence-electron chi connectivity index (χ2n) is 5.01. The molecule has 0 aliphatic heterocycles. The molecule has 1 aromatic heterocycles. The summed E-state index contributed by atoms with van der Waals surface area (Å²) in [5.41, 5.74) is 0. The normalized spacial score (nSPS) is 16.1. The molecule has 5 heteroatoms. The van der Waals surface area contributed by atoms with E-state index in [4.69, 9.17) is 0 Å². The van der Waals surface area contributed by atoms with E-state index in [0.29, 0.717) is 0 Å². The molecule has 1 aliphatic rings. The molecule has 0 spiro atoms. The molecule has 18 heavy (non-hydrogen) atoms. The molecule has 0 radical (unpaired) electrons. The number of aromatic amines is 1. The minimum atomic E-state index is -0.169. The van der Waals surface area contributed by atoms with E-state index in [1.54, 1.807) is 0 Å². The zero-order valence-corrected chi connectivity index (χ0v) is 11.0. The average Bonchev–Trinajstić information content (AvgIpc) is 3.05. The van der Waals surface area contributed by atoms with Gasteiger partial charge in [-0.05, 0) is 18.8 Å². The van der Waals surface area contributed by atoms with Crippen LogP contribution in [0.5, 0.6) is 0 Å². The molecule has 1 saturated carbocycles. The van der Waals surface area contributed by atoms with Gasteiger partial charge in [0.2, 0.25) is 5.82 Å². The van der Waals surface area contributed by atoms with Crippen LogP contribution >= 0.6 is 0 Å². The number of carbonyl (C=O) groups excluding carboxylic acids is 1. The van der Waals surface area contributed by atoms with Crippen LogP contribution < -0.4 is 5.32 Å². The van der Waals surface area contributed by atoms with Crippen molar-refractivity contribution in [2.45, 2.75) is 51.9 Å². The van der Waals surface area contributed by atoms with Gasteiger partial charge >= 0.3 is 0 Å². The third kappa shape index (κ3) is 3.55. The molecule has 100 valence electrons. The summed E-state index contributed by atoms with van der Waals surface area (Å²) in [5.74, 6) is 1.73. The Kier molecular flexibility index (Phi) is 4.73. The van der Waals surface area contributed by atoms with Crippen molar-refractivity contribution in [3.8, 4) is 0 Å². The lowest BCUT2D eigenvalue weighted by Crippen LogP contribution is -2.25. The number of hydrogen-bond acceptors (Lipinski definition) is 3. The lowest BCUT2D eigenvalue weighted by Gasteiger charge is -2.08. The van der Waals surface area contributed by atoms with Gasteiger partial charge in [0, 0.05) is 13.0 Å². The van der Waals surface area contributed by atoms with Gasteiger partial charge < -0.3 is 5.32 Å². The van der Waals surface area contributed by atoms with Gasteiger partial charge in [0.1, 0.15) is 5.82 Å². The SMILES string of the molecule is CCc1nc(C(=O)NCCCC2CCCC2)n[nH]1. The van der Waals surface area contributed by atoms with Crippen LogP contribution in [-0.2, 0) is 6.42 Å². The summed E-state index contributed by atoms with van der Waals surface area (Å²) in [6.07, 6.45) is 8.56. The number of hydrogen-bond donors (Lipinski definition) is 2. The van der Waals surface area contributed by atoms with Gasteiger partial charge in [-0.1, -0.05) is 32.6 Å².